The molecule has 4 nitrogen and oxygen atoms in total. The Hall–Kier alpha value is -1.26. The van der Waals surface area contributed by atoms with Gasteiger partial charge in [0.2, 0.25) is 0 Å². The highest BCUT2D eigenvalue weighted by molar-refractivity contribution is 6.32. The molecule has 1 aliphatic rings. The van der Waals surface area contributed by atoms with Gasteiger partial charge in [-0.1, -0.05) is 11.6 Å². The van der Waals surface area contributed by atoms with E-state index in [0.717, 1.165) is 16.1 Å². The molecule has 0 spiro atoms. The molecule has 122 valence electrons. The number of amides is 1. The number of carbonyl (C=O) groups is 1. The van der Waals surface area contributed by atoms with Crippen molar-refractivity contribution in [2.45, 2.75) is 52.9 Å². The molecule has 2 rings (SSSR count). The number of rotatable bonds is 3. The number of carbonyl (C=O) groups excluding carboxylic acids is 1. The summed E-state index contributed by atoms with van der Waals surface area (Å²) >= 11 is 6.16. The van der Waals surface area contributed by atoms with Crippen molar-refractivity contribution in [1.82, 2.24) is 4.90 Å². The molecule has 22 heavy (non-hydrogen) atoms. The van der Waals surface area contributed by atoms with E-state index in [2.05, 4.69) is 0 Å². The minimum absolute atomic E-state index is 0.00717. The topological polar surface area (TPSA) is 38.8 Å². The fourth-order valence-electron chi connectivity index (χ4n) is 2.84. The van der Waals surface area contributed by atoms with Crippen LogP contribution in [0.4, 0.5) is 0 Å². The molecule has 1 aromatic rings. The van der Waals surface area contributed by atoms with Gasteiger partial charge in [0, 0.05) is 18.1 Å². The Morgan fingerprint density at radius 1 is 1.27 bits per heavy atom. The molecule has 0 aliphatic carbocycles. The summed E-state index contributed by atoms with van der Waals surface area (Å²) in [5.74, 6) is 0.668. The first-order chi connectivity index (χ1) is 10.3. The molecule has 0 bridgehead atoms. The van der Waals surface area contributed by atoms with E-state index < -0.39 is 6.10 Å². The third-order valence-electron chi connectivity index (χ3n) is 3.80. The maximum atomic E-state index is 12.5. The van der Waals surface area contributed by atoms with Gasteiger partial charge < -0.3 is 14.4 Å². The number of nitrogens with zero attached hydrogens (tertiary/aromatic N) is 1. The molecule has 5 heteroatoms. The summed E-state index contributed by atoms with van der Waals surface area (Å²) in [7, 11) is 0. The van der Waals surface area contributed by atoms with Crippen LogP contribution in [0.15, 0.2) is 12.1 Å². The van der Waals surface area contributed by atoms with Gasteiger partial charge in [-0.15, -0.1) is 0 Å². The van der Waals surface area contributed by atoms with Gasteiger partial charge in [-0.05, 0) is 57.9 Å². The lowest BCUT2D eigenvalue weighted by molar-refractivity contribution is -0.149. The predicted octanol–water partition coefficient (Wildman–Crippen LogP) is 3.36. The largest absolute Gasteiger partial charge is 0.481 e. The van der Waals surface area contributed by atoms with Crippen LogP contribution in [0.2, 0.25) is 5.02 Å². The maximum absolute atomic E-state index is 12.5. The van der Waals surface area contributed by atoms with Crippen LogP contribution in [0.3, 0.4) is 0 Å². The van der Waals surface area contributed by atoms with Crippen LogP contribution < -0.4 is 4.74 Å². The monoisotopic (exact) mass is 325 g/mol. The second kappa shape index (κ2) is 6.88. The van der Waals surface area contributed by atoms with E-state index in [1.54, 1.807) is 6.92 Å². The zero-order chi connectivity index (χ0) is 16.4. The van der Waals surface area contributed by atoms with Gasteiger partial charge in [0.1, 0.15) is 5.75 Å². The van der Waals surface area contributed by atoms with Gasteiger partial charge in [-0.25, -0.2) is 0 Å². The fourth-order valence-corrected chi connectivity index (χ4v) is 2.95. The maximum Gasteiger partial charge on any atom is 0.263 e. The lowest BCUT2D eigenvalue weighted by Crippen LogP contribution is -2.51. The quantitative estimate of drug-likeness (QED) is 0.855. The molecule has 0 N–H and O–H groups in total. The highest BCUT2D eigenvalue weighted by atomic mass is 35.5. The fraction of sp³-hybridized carbons (Fsp3) is 0.588. The predicted molar refractivity (Wildman–Crippen MR) is 87.6 cm³/mol. The SMILES string of the molecule is Cc1cc(OC(C)C(=O)N2CC(C)OC(C)C2)cc(C)c1Cl. The molecular formula is C17H24ClNO3. The van der Waals surface area contributed by atoms with E-state index in [1.807, 2.05) is 44.7 Å². The standard InChI is InChI=1S/C17H24ClNO3/c1-10-6-15(7-11(2)16(10)18)22-14(5)17(20)19-8-12(3)21-13(4)9-19/h6-7,12-14H,8-9H2,1-5H3. The summed E-state index contributed by atoms with van der Waals surface area (Å²) in [5, 5.41) is 0.738. The van der Waals surface area contributed by atoms with Gasteiger partial charge in [0.15, 0.2) is 6.10 Å². The number of aryl methyl sites for hydroxylation is 2. The highest BCUT2D eigenvalue weighted by Crippen LogP contribution is 2.26. The molecule has 1 amide bonds. The first-order valence-electron chi connectivity index (χ1n) is 7.65. The minimum Gasteiger partial charge on any atom is -0.481 e. The molecule has 0 radical (unpaired) electrons. The van der Waals surface area contributed by atoms with Gasteiger partial charge in [0.25, 0.3) is 5.91 Å². The third kappa shape index (κ3) is 3.93. The van der Waals surface area contributed by atoms with Crippen LogP contribution in [0.5, 0.6) is 5.75 Å². The van der Waals surface area contributed by atoms with Crippen molar-refractivity contribution in [3.8, 4) is 5.75 Å². The Morgan fingerprint density at radius 2 is 1.77 bits per heavy atom. The normalized spacial score (nSPS) is 23.3. The van der Waals surface area contributed by atoms with Crippen LogP contribution in [0.1, 0.15) is 31.9 Å². The molecule has 3 atom stereocenters. The van der Waals surface area contributed by atoms with Gasteiger partial charge in [-0.3, -0.25) is 4.79 Å². The average molecular weight is 326 g/mol. The molecule has 3 unspecified atom stereocenters. The number of benzene rings is 1. The number of halogens is 1. The van der Waals surface area contributed by atoms with Crippen molar-refractivity contribution in [3.05, 3.63) is 28.3 Å². The average Bonchev–Trinajstić information content (AvgIpc) is 2.42. The lowest BCUT2D eigenvalue weighted by atomic mass is 10.1. The Labute approximate surface area is 137 Å². The van der Waals surface area contributed by atoms with Crippen LogP contribution in [0.25, 0.3) is 0 Å². The molecule has 0 aromatic heterocycles. The summed E-state index contributed by atoms with van der Waals surface area (Å²) < 4.78 is 11.5. The van der Waals surface area contributed by atoms with Crippen molar-refractivity contribution in [3.63, 3.8) is 0 Å². The Morgan fingerprint density at radius 3 is 2.27 bits per heavy atom. The third-order valence-corrected chi connectivity index (χ3v) is 4.40. The molecule has 1 fully saturated rings. The van der Waals surface area contributed by atoms with E-state index in [4.69, 9.17) is 21.1 Å². The molecule has 1 aromatic carbocycles. The van der Waals surface area contributed by atoms with Crippen LogP contribution in [0, 0.1) is 13.8 Å². The number of hydrogen-bond acceptors (Lipinski definition) is 3. The zero-order valence-corrected chi connectivity index (χ0v) is 14.6. The first-order valence-corrected chi connectivity index (χ1v) is 8.03. The van der Waals surface area contributed by atoms with Crippen molar-refractivity contribution in [2.75, 3.05) is 13.1 Å². The van der Waals surface area contributed by atoms with E-state index in [-0.39, 0.29) is 18.1 Å². The first kappa shape index (κ1) is 17.1. The van der Waals surface area contributed by atoms with Crippen LogP contribution >= 0.6 is 11.6 Å². The van der Waals surface area contributed by atoms with Crippen molar-refractivity contribution in [2.24, 2.45) is 0 Å². The molecule has 1 saturated heterocycles. The van der Waals surface area contributed by atoms with E-state index >= 15 is 0 Å². The summed E-state index contributed by atoms with van der Waals surface area (Å²) in [6.45, 7) is 10.8. The molecule has 1 aliphatic heterocycles. The van der Waals surface area contributed by atoms with Crippen molar-refractivity contribution in [1.29, 1.82) is 0 Å². The highest BCUT2D eigenvalue weighted by Gasteiger charge is 2.29. The van der Waals surface area contributed by atoms with Crippen LogP contribution in [-0.4, -0.2) is 42.2 Å². The van der Waals surface area contributed by atoms with E-state index in [0.29, 0.717) is 18.8 Å². The number of hydrogen-bond donors (Lipinski definition) is 0. The van der Waals surface area contributed by atoms with E-state index in [1.165, 1.54) is 0 Å². The minimum atomic E-state index is -0.530. The molecule has 1 heterocycles. The smallest absolute Gasteiger partial charge is 0.263 e. The Bertz CT molecular complexity index is 528. The van der Waals surface area contributed by atoms with Crippen molar-refractivity contribution < 1.29 is 14.3 Å². The molecule has 0 saturated carbocycles. The Kier molecular flexibility index (Phi) is 5.35. The summed E-state index contributed by atoms with van der Waals surface area (Å²) in [6, 6.07) is 3.73. The second-order valence-corrected chi connectivity index (χ2v) is 6.51. The summed E-state index contributed by atoms with van der Waals surface area (Å²) in [5.41, 5.74) is 1.90. The van der Waals surface area contributed by atoms with Crippen LogP contribution in [-0.2, 0) is 9.53 Å². The van der Waals surface area contributed by atoms with Crippen molar-refractivity contribution >= 4 is 17.5 Å². The number of ether oxygens (including phenoxy) is 2. The zero-order valence-electron chi connectivity index (χ0n) is 13.9. The Balaban J connectivity index is 2.05. The van der Waals surface area contributed by atoms with E-state index in [9.17, 15) is 4.79 Å². The van der Waals surface area contributed by atoms with Gasteiger partial charge in [0.05, 0.1) is 12.2 Å². The number of morpholine rings is 1. The lowest BCUT2D eigenvalue weighted by Gasteiger charge is -2.36. The summed E-state index contributed by atoms with van der Waals surface area (Å²) in [4.78, 5) is 14.4. The van der Waals surface area contributed by atoms with Gasteiger partial charge in [-0.2, -0.15) is 0 Å². The second-order valence-electron chi connectivity index (χ2n) is 6.13. The summed E-state index contributed by atoms with van der Waals surface area (Å²) in [6.07, 6.45) is -0.419. The molecular weight excluding hydrogens is 302 g/mol. The van der Waals surface area contributed by atoms with Gasteiger partial charge >= 0.3 is 0 Å².